The van der Waals surface area contributed by atoms with Crippen molar-refractivity contribution in [2.45, 2.75) is 12.8 Å². The number of aromatic nitrogens is 4. The van der Waals surface area contributed by atoms with Crippen molar-refractivity contribution in [1.82, 2.24) is 19.5 Å². The van der Waals surface area contributed by atoms with Crippen molar-refractivity contribution in [1.29, 1.82) is 0 Å². The number of hydrogen-bond acceptors (Lipinski definition) is 3. The Balaban J connectivity index is 0.901. The first-order chi connectivity index (χ1) is 27.2. The van der Waals surface area contributed by atoms with Gasteiger partial charge in [-0.05, 0) is 87.3 Å². The molecule has 0 aliphatic heterocycles. The van der Waals surface area contributed by atoms with Crippen molar-refractivity contribution in [3.8, 4) is 51.0 Å². The molecule has 0 spiro atoms. The fourth-order valence-corrected chi connectivity index (χ4v) is 8.35. The van der Waals surface area contributed by atoms with E-state index in [-0.39, 0.29) is 0 Å². The van der Waals surface area contributed by atoms with Crippen LogP contribution in [0.1, 0.15) is 22.3 Å². The molecule has 0 saturated carbocycles. The van der Waals surface area contributed by atoms with Crippen molar-refractivity contribution >= 4 is 32.6 Å². The van der Waals surface area contributed by atoms with Crippen LogP contribution in [-0.2, 0) is 12.8 Å². The van der Waals surface area contributed by atoms with E-state index in [1.807, 2.05) is 60.7 Å². The van der Waals surface area contributed by atoms with E-state index in [0.29, 0.717) is 17.5 Å². The number of nitrogens with zero attached hydrogens (tertiary/aromatic N) is 4. The third-order valence-corrected chi connectivity index (χ3v) is 11.1. The fourth-order valence-electron chi connectivity index (χ4n) is 8.35. The summed E-state index contributed by atoms with van der Waals surface area (Å²) in [5.74, 6) is 1.99. The van der Waals surface area contributed by atoms with Gasteiger partial charge in [-0.2, -0.15) is 0 Å². The van der Waals surface area contributed by atoms with Gasteiger partial charge >= 0.3 is 0 Å². The van der Waals surface area contributed by atoms with Gasteiger partial charge in [0.05, 0.1) is 11.0 Å². The van der Waals surface area contributed by atoms with Gasteiger partial charge < -0.3 is 4.57 Å². The minimum absolute atomic E-state index is 0.659. The monoisotopic (exact) mass is 702 g/mol. The molecule has 4 nitrogen and oxygen atoms in total. The normalized spacial score (nSPS) is 12.2. The summed E-state index contributed by atoms with van der Waals surface area (Å²) in [7, 11) is 0. The molecular weight excluding hydrogens is 669 g/mol. The van der Waals surface area contributed by atoms with Gasteiger partial charge in [-0.1, -0.05) is 152 Å². The second-order valence-electron chi connectivity index (χ2n) is 14.5. The molecule has 0 fully saturated rings. The Labute approximate surface area is 319 Å². The molecule has 2 aromatic heterocycles. The molecule has 8 aromatic carbocycles. The minimum Gasteiger partial charge on any atom is -0.309 e. The van der Waals surface area contributed by atoms with Gasteiger partial charge in [0.15, 0.2) is 17.5 Å². The first kappa shape index (κ1) is 31.4. The van der Waals surface area contributed by atoms with Crippen LogP contribution in [-0.4, -0.2) is 19.5 Å². The number of fused-ring (bicyclic) bond motifs is 6. The van der Waals surface area contributed by atoms with E-state index in [1.54, 1.807) is 0 Å². The van der Waals surface area contributed by atoms with Gasteiger partial charge in [0.1, 0.15) is 0 Å². The van der Waals surface area contributed by atoms with Crippen LogP contribution in [0.25, 0.3) is 83.6 Å². The van der Waals surface area contributed by atoms with E-state index in [4.69, 9.17) is 15.0 Å². The van der Waals surface area contributed by atoms with Crippen LogP contribution in [0.2, 0.25) is 0 Å². The summed E-state index contributed by atoms with van der Waals surface area (Å²) in [4.78, 5) is 14.7. The third kappa shape index (κ3) is 5.50. The van der Waals surface area contributed by atoms with Crippen molar-refractivity contribution < 1.29 is 0 Å². The van der Waals surface area contributed by atoms with Gasteiger partial charge in [0, 0.05) is 33.2 Å². The summed E-state index contributed by atoms with van der Waals surface area (Å²) in [6.45, 7) is 0. The van der Waals surface area contributed by atoms with E-state index in [0.717, 1.165) is 35.1 Å². The molecule has 258 valence electrons. The average Bonchev–Trinajstić information content (AvgIpc) is 3.59. The van der Waals surface area contributed by atoms with E-state index in [1.165, 1.54) is 66.1 Å². The van der Waals surface area contributed by atoms with Crippen molar-refractivity contribution in [2.24, 2.45) is 0 Å². The highest BCUT2D eigenvalue weighted by atomic mass is 15.0. The van der Waals surface area contributed by atoms with Crippen LogP contribution in [0.5, 0.6) is 0 Å². The molecule has 0 radical (unpaired) electrons. The van der Waals surface area contributed by atoms with Crippen molar-refractivity contribution in [3.63, 3.8) is 0 Å². The molecule has 0 bridgehead atoms. The lowest BCUT2D eigenvalue weighted by Gasteiger charge is -2.22. The maximum absolute atomic E-state index is 4.92. The molecule has 0 saturated heterocycles. The molecule has 0 N–H and O–H groups in total. The zero-order valence-corrected chi connectivity index (χ0v) is 30.0. The Hall–Kier alpha value is -7.17. The van der Waals surface area contributed by atoms with Gasteiger partial charge in [0.25, 0.3) is 0 Å². The SMILES string of the molecule is c1ccc(-c2nc(-c3ccccc3)nc(-c3ccc(-c4ccc5cc6c(cc5c4)Cc4ccc(-n5c7ccccc7c7ccccc75)cc4C6)cc3)n2)cc1. The largest absolute Gasteiger partial charge is 0.309 e. The minimum atomic E-state index is 0.659. The van der Waals surface area contributed by atoms with Crippen molar-refractivity contribution in [3.05, 3.63) is 204 Å². The van der Waals surface area contributed by atoms with E-state index in [9.17, 15) is 0 Å². The van der Waals surface area contributed by atoms with Crippen LogP contribution in [0.3, 0.4) is 0 Å². The Morgan fingerprint density at radius 1 is 0.327 bits per heavy atom. The molecule has 0 amide bonds. The zero-order chi connectivity index (χ0) is 36.3. The van der Waals surface area contributed by atoms with E-state index < -0.39 is 0 Å². The Morgan fingerprint density at radius 2 is 0.800 bits per heavy atom. The van der Waals surface area contributed by atoms with Gasteiger partial charge in [-0.15, -0.1) is 0 Å². The van der Waals surface area contributed by atoms with Crippen LogP contribution in [0.4, 0.5) is 0 Å². The standard InChI is InChI=1S/C51H34N4/c1-3-11-34(12-4-1)49-52-50(35-13-5-2-6-14-35)54-51(53-49)36-21-19-33(20-22-36)37-23-24-38-28-42-31-43-32-44(26-25-39(43)29-41(42)30-40(38)27-37)55-47-17-9-7-15-45(47)46-16-8-10-18-48(46)55/h1-28,30,32H,29,31H2. The molecule has 1 aliphatic carbocycles. The summed E-state index contributed by atoms with van der Waals surface area (Å²) in [6, 6.07) is 65.0. The zero-order valence-electron chi connectivity index (χ0n) is 30.0. The quantitative estimate of drug-likeness (QED) is 0.179. The highest BCUT2D eigenvalue weighted by Gasteiger charge is 2.19. The molecule has 2 heterocycles. The summed E-state index contributed by atoms with van der Waals surface area (Å²) in [5, 5.41) is 5.12. The maximum atomic E-state index is 4.92. The second kappa shape index (κ2) is 12.8. The highest BCUT2D eigenvalue weighted by Crippen LogP contribution is 2.37. The van der Waals surface area contributed by atoms with Crippen LogP contribution >= 0.6 is 0 Å². The maximum Gasteiger partial charge on any atom is 0.164 e. The summed E-state index contributed by atoms with van der Waals surface area (Å²) >= 11 is 0. The molecule has 55 heavy (non-hydrogen) atoms. The van der Waals surface area contributed by atoms with Gasteiger partial charge in [-0.25, -0.2) is 15.0 Å². The van der Waals surface area contributed by atoms with E-state index >= 15 is 0 Å². The Kier molecular flexibility index (Phi) is 7.27. The third-order valence-electron chi connectivity index (χ3n) is 11.1. The number of rotatable bonds is 5. The summed E-state index contributed by atoms with van der Waals surface area (Å²) in [5.41, 5.74) is 14.6. The topological polar surface area (TPSA) is 43.6 Å². The van der Waals surface area contributed by atoms with Crippen LogP contribution < -0.4 is 0 Å². The summed E-state index contributed by atoms with van der Waals surface area (Å²) < 4.78 is 2.42. The number of para-hydroxylation sites is 2. The van der Waals surface area contributed by atoms with Crippen LogP contribution in [0, 0.1) is 0 Å². The molecule has 1 aliphatic rings. The van der Waals surface area contributed by atoms with E-state index in [2.05, 4.69) is 126 Å². The molecule has 0 atom stereocenters. The number of hydrogen-bond donors (Lipinski definition) is 0. The molecule has 0 unspecified atom stereocenters. The van der Waals surface area contributed by atoms with Gasteiger partial charge in [0.2, 0.25) is 0 Å². The molecule has 10 aromatic rings. The fraction of sp³-hybridized carbons (Fsp3) is 0.0392. The van der Waals surface area contributed by atoms with Crippen LogP contribution in [0.15, 0.2) is 182 Å². The molecule has 11 rings (SSSR count). The lowest BCUT2D eigenvalue weighted by atomic mass is 9.84. The smallest absolute Gasteiger partial charge is 0.164 e. The van der Waals surface area contributed by atoms with Gasteiger partial charge in [-0.3, -0.25) is 0 Å². The average molecular weight is 703 g/mol. The lowest BCUT2D eigenvalue weighted by Crippen LogP contribution is -2.08. The molecule has 4 heteroatoms. The lowest BCUT2D eigenvalue weighted by molar-refractivity contribution is 0.997. The second-order valence-corrected chi connectivity index (χ2v) is 14.5. The molecular formula is C51H34N4. The van der Waals surface area contributed by atoms with Crippen molar-refractivity contribution in [2.75, 3.05) is 0 Å². The first-order valence-electron chi connectivity index (χ1n) is 18.9. The number of benzene rings is 8. The Bertz CT molecular complexity index is 2960. The first-order valence-corrected chi connectivity index (χ1v) is 18.9. The predicted octanol–water partition coefficient (Wildman–Crippen LogP) is 12.3. The highest BCUT2D eigenvalue weighted by molar-refractivity contribution is 6.09. The summed E-state index contributed by atoms with van der Waals surface area (Å²) in [6.07, 6.45) is 1.87. The Morgan fingerprint density at radius 3 is 1.42 bits per heavy atom. The predicted molar refractivity (Wildman–Crippen MR) is 225 cm³/mol.